The predicted molar refractivity (Wildman–Crippen MR) is 71.0 cm³/mol. The topological polar surface area (TPSA) is 37.3 Å². The van der Waals surface area contributed by atoms with Crippen molar-refractivity contribution in [2.45, 2.75) is 6.92 Å². The van der Waals surface area contributed by atoms with Crippen LogP contribution in [-0.2, 0) is 4.79 Å². The molecule has 2 nitrogen and oxygen atoms in total. The van der Waals surface area contributed by atoms with Crippen molar-refractivity contribution in [3.63, 3.8) is 0 Å². The molecule has 0 saturated heterocycles. The molecule has 0 bridgehead atoms. The summed E-state index contributed by atoms with van der Waals surface area (Å²) in [6.07, 6.45) is 1.71. The van der Waals surface area contributed by atoms with Crippen LogP contribution in [-0.4, -0.2) is 11.1 Å². The van der Waals surface area contributed by atoms with Crippen LogP contribution in [0, 0.1) is 6.92 Å². The first-order valence-corrected chi connectivity index (χ1v) is 6.10. The highest BCUT2D eigenvalue weighted by molar-refractivity contribution is 7.10. The molecule has 0 aliphatic rings. The fraction of sp³-hybridized carbons (Fsp3) is 0.0714. The Kier molecular flexibility index (Phi) is 3.40. The second kappa shape index (κ2) is 4.97. The molecular formula is C14H12O2S. The van der Waals surface area contributed by atoms with Crippen molar-refractivity contribution in [3.8, 4) is 0 Å². The summed E-state index contributed by atoms with van der Waals surface area (Å²) < 4.78 is 0. The van der Waals surface area contributed by atoms with Crippen LogP contribution in [0.2, 0.25) is 0 Å². The Morgan fingerprint density at radius 2 is 1.94 bits per heavy atom. The standard InChI is InChI=1S/C14H12O2S/c1-10-4-6-11(7-5-10)13(14(15)16)9-12-3-2-8-17-12/h2-9H,1H3,(H,15,16)/b13-9+. The molecule has 0 spiro atoms. The summed E-state index contributed by atoms with van der Waals surface area (Å²) in [6, 6.07) is 11.3. The van der Waals surface area contributed by atoms with E-state index in [0.29, 0.717) is 5.57 Å². The number of hydrogen-bond acceptors (Lipinski definition) is 2. The van der Waals surface area contributed by atoms with E-state index >= 15 is 0 Å². The summed E-state index contributed by atoms with van der Waals surface area (Å²) in [5, 5.41) is 11.2. The van der Waals surface area contributed by atoms with Gasteiger partial charge in [0.2, 0.25) is 0 Å². The van der Waals surface area contributed by atoms with Crippen molar-refractivity contribution >= 4 is 29.0 Å². The second-order valence-electron chi connectivity index (χ2n) is 3.74. The van der Waals surface area contributed by atoms with Crippen LogP contribution in [0.15, 0.2) is 41.8 Å². The van der Waals surface area contributed by atoms with E-state index in [1.54, 1.807) is 6.08 Å². The van der Waals surface area contributed by atoms with Crippen molar-refractivity contribution in [3.05, 3.63) is 57.8 Å². The van der Waals surface area contributed by atoms with Crippen LogP contribution in [0.1, 0.15) is 16.0 Å². The minimum absolute atomic E-state index is 0.326. The van der Waals surface area contributed by atoms with Crippen molar-refractivity contribution < 1.29 is 9.90 Å². The average Bonchev–Trinajstić information content (AvgIpc) is 2.80. The lowest BCUT2D eigenvalue weighted by Gasteiger charge is -2.02. The van der Waals surface area contributed by atoms with Crippen LogP contribution in [0.25, 0.3) is 11.6 Å². The van der Waals surface area contributed by atoms with Gasteiger partial charge in [-0.3, -0.25) is 0 Å². The first kappa shape index (κ1) is 11.6. The number of hydrogen-bond donors (Lipinski definition) is 1. The molecule has 2 rings (SSSR count). The number of carboxylic acids is 1. The maximum Gasteiger partial charge on any atom is 0.336 e. The number of rotatable bonds is 3. The smallest absolute Gasteiger partial charge is 0.336 e. The quantitative estimate of drug-likeness (QED) is 0.836. The number of carbonyl (C=O) groups is 1. The van der Waals surface area contributed by atoms with Crippen molar-refractivity contribution in [1.29, 1.82) is 0 Å². The van der Waals surface area contributed by atoms with E-state index in [1.165, 1.54) is 11.3 Å². The zero-order valence-electron chi connectivity index (χ0n) is 9.38. The number of aliphatic carboxylic acids is 1. The molecule has 1 N–H and O–H groups in total. The molecular weight excluding hydrogens is 232 g/mol. The lowest BCUT2D eigenvalue weighted by Crippen LogP contribution is -1.99. The van der Waals surface area contributed by atoms with Crippen molar-refractivity contribution in [1.82, 2.24) is 0 Å². The summed E-state index contributed by atoms with van der Waals surface area (Å²) in [7, 11) is 0. The molecule has 0 radical (unpaired) electrons. The van der Waals surface area contributed by atoms with Gasteiger partial charge in [-0.05, 0) is 30.0 Å². The molecule has 0 amide bonds. The molecule has 2 aromatic rings. The van der Waals surface area contributed by atoms with Gasteiger partial charge < -0.3 is 5.11 Å². The van der Waals surface area contributed by atoms with E-state index in [4.69, 9.17) is 0 Å². The Morgan fingerprint density at radius 1 is 1.24 bits per heavy atom. The summed E-state index contributed by atoms with van der Waals surface area (Å²) >= 11 is 1.53. The van der Waals surface area contributed by atoms with Gasteiger partial charge in [-0.15, -0.1) is 11.3 Å². The molecule has 0 aliphatic heterocycles. The molecule has 0 saturated carbocycles. The Morgan fingerprint density at radius 3 is 2.47 bits per heavy atom. The third kappa shape index (κ3) is 2.82. The molecule has 0 aliphatic carbocycles. The van der Waals surface area contributed by atoms with Crippen molar-refractivity contribution in [2.75, 3.05) is 0 Å². The summed E-state index contributed by atoms with van der Waals surface area (Å²) in [5.74, 6) is -0.901. The fourth-order valence-corrected chi connectivity index (χ4v) is 2.17. The second-order valence-corrected chi connectivity index (χ2v) is 4.72. The predicted octanol–water partition coefficient (Wildman–Crippen LogP) is 3.68. The van der Waals surface area contributed by atoms with E-state index in [1.807, 2.05) is 48.7 Å². The Labute approximate surface area is 104 Å². The SMILES string of the molecule is Cc1ccc(/C(=C\c2cccs2)C(=O)O)cc1. The van der Waals surface area contributed by atoms with Gasteiger partial charge in [-0.25, -0.2) is 4.79 Å². The summed E-state index contributed by atoms with van der Waals surface area (Å²) in [6.45, 7) is 1.98. The number of aryl methyl sites for hydroxylation is 1. The van der Waals surface area contributed by atoms with Crippen LogP contribution in [0.3, 0.4) is 0 Å². The molecule has 1 heterocycles. The lowest BCUT2D eigenvalue weighted by molar-refractivity contribution is -0.130. The average molecular weight is 244 g/mol. The van der Waals surface area contributed by atoms with Gasteiger partial charge in [0.05, 0.1) is 5.57 Å². The van der Waals surface area contributed by atoms with E-state index in [2.05, 4.69) is 0 Å². The van der Waals surface area contributed by atoms with Crippen molar-refractivity contribution in [2.24, 2.45) is 0 Å². The normalized spacial score (nSPS) is 11.5. The lowest BCUT2D eigenvalue weighted by atomic mass is 10.0. The van der Waals surface area contributed by atoms with Gasteiger partial charge >= 0.3 is 5.97 Å². The minimum Gasteiger partial charge on any atom is -0.478 e. The number of benzene rings is 1. The largest absolute Gasteiger partial charge is 0.478 e. The van der Waals surface area contributed by atoms with E-state index in [-0.39, 0.29) is 0 Å². The summed E-state index contributed by atoms with van der Waals surface area (Å²) in [5.41, 5.74) is 2.18. The van der Waals surface area contributed by atoms with Gasteiger partial charge in [0, 0.05) is 4.88 Å². The van der Waals surface area contributed by atoms with Gasteiger partial charge in [0.1, 0.15) is 0 Å². The van der Waals surface area contributed by atoms with Crippen LogP contribution >= 0.6 is 11.3 Å². The highest BCUT2D eigenvalue weighted by Gasteiger charge is 2.10. The van der Waals surface area contributed by atoms with Gasteiger partial charge in [-0.2, -0.15) is 0 Å². The molecule has 1 aromatic heterocycles. The first-order chi connectivity index (χ1) is 8.16. The molecule has 0 unspecified atom stereocenters. The molecule has 1 aromatic carbocycles. The van der Waals surface area contributed by atoms with E-state index in [9.17, 15) is 9.90 Å². The maximum atomic E-state index is 11.2. The van der Waals surface area contributed by atoms with Crippen LogP contribution in [0.5, 0.6) is 0 Å². The Bertz CT molecular complexity index is 536. The molecule has 86 valence electrons. The first-order valence-electron chi connectivity index (χ1n) is 5.22. The van der Waals surface area contributed by atoms with Crippen LogP contribution < -0.4 is 0 Å². The monoisotopic (exact) mass is 244 g/mol. The molecule has 0 fully saturated rings. The highest BCUT2D eigenvalue weighted by atomic mass is 32.1. The van der Waals surface area contributed by atoms with E-state index < -0.39 is 5.97 Å². The number of thiophene rings is 1. The van der Waals surface area contributed by atoms with Crippen LogP contribution in [0.4, 0.5) is 0 Å². The zero-order chi connectivity index (χ0) is 12.3. The maximum absolute atomic E-state index is 11.2. The third-order valence-electron chi connectivity index (χ3n) is 2.42. The number of carboxylic acid groups (broad SMARTS) is 1. The third-order valence-corrected chi connectivity index (χ3v) is 3.24. The fourth-order valence-electron chi connectivity index (χ4n) is 1.52. The Balaban J connectivity index is 2.43. The molecule has 0 atom stereocenters. The minimum atomic E-state index is -0.901. The zero-order valence-corrected chi connectivity index (χ0v) is 10.2. The summed E-state index contributed by atoms with van der Waals surface area (Å²) in [4.78, 5) is 12.2. The molecule has 3 heteroatoms. The van der Waals surface area contributed by atoms with Gasteiger partial charge in [0.25, 0.3) is 0 Å². The van der Waals surface area contributed by atoms with E-state index in [0.717, 1.165) is 16.0 Å². The highest BCUT2D eigenvalue weighted by Crippen LogP contribution is 2.21. The molecule has 17 heavy (non-hydrogen) atoms. The van der Waals surface area contributed by atoms with Gasteiger partial charge in [0.15, 0.2) is 0 Å². The van der Waals surface area contributed by atoms with Gasteiger partial charge in [-0.1, -0.05) is 35.9 Å². The Hall–Kier alpha value is -1.87.